The molecule has 3 heterocycles. The highest BCUT2D eigenvalue weighted by molar-refractivity contribution is 7.13. The first-order valence-electron chi connectivity index (χ1n) is 9.83. The summed E-state index contributed by atoms with van der Waals surface area (Å²) in [4.78, 5) is 5.84. The first-order valence-corrected chi connectivity index (χ1v) is 10.7. The van der Waals surface area contributed by atoms with E-state index in [0.717, 1.165) is 49.1 Å². The minimum absolute atomic E-state index is 0.119. The maximum Gasteiger partial charge on any atom is 0.257 e. The molecule has 2 aromatic heterocycles. The van der Waals surface area contributed by atoms with Gasteiger partial charge in [-0.2, -0.15) is 0 Å². The highest BCUT2D eigenvalue weighted by Crippen LogP contribution is 2.27. The minimum atomic E-state index is 0.119. The minimum Gasteiger partial charge on any atom is -0.497 e. The number of ether oxygens (including phenoxy) is 2. The Morgan fingerprint density at radius 2 is 1.83 bits per heavy atom. The van der Waals surface area contributed by atoms with Crippen LogP contribution < -0.4 is 9.47 Å². The molecule has 1 atom stereocenters. The van der Waals surface area contributed by atoms with Gasteiger partial charge in [-0.25, -0.2) is 0 Å². The molecule has 1 aromatic carbocycles. The van der Waals surface area contributed by atoms with E-state index in [4.69, 9.17) is 13.9 Å². The van der Waals surface area contributed by atoms with Crippen molar-refractivity contribution < 1.29 is 13.9 Å². The van der Waals surface area contributed by atoms with Gasteiger partial charge in [0, 0.05) is 32.7 Å². The lowest BCUT2D eigenvalue weighted by Crippen LogP contribution is -2.48. The van der Waals surface area contributed by atoms with Gasteiger partial charge in [-0.05, 0) is 42.6 Å². The second-order valence-electron chi connectivity index (χ2n) is 7.00. The zero-order valence-electron chi connectivity index (χ0n) is 16.8. The van der Waals surface area contributed by atoms with Gasteiger partial charge in [0.05, 0.1) is 18.0 Å². The first-order chi connectivity index (χ1) is 14.2. The van der Waals surface area contributed by atoms with Crippen molar-refractivity contribution in [3.05, 3.63) is 47.7 Å². The van der Waals surface area contributed by atoms with Crippen LogP contribution in [0.1, 0.15) is 18.9 Å². The van der Waals surface area contributed by atoms with Crippen LogP contribution in [0.4, 0.5) is 0 Å². The summed E-state index contributed by atoms with van der Waals surface area (Å²) in [6.07, 6.45) is 0. The number of piperazine rings is 1. The molecule has 7 nitrogen and oxygen atoms in total. The van der Waals surface area contributed by atoms with Crippen molar-refractivity contribution in [1.82, 2.24) is 20.0 Å². The third kappa shape index (κ3) is 4.95. The van der Waals surface area contributed by atoms with Crippen LogP contribution >= 0.6 is 11.3 Å². The Morgan fingerprint density at radius 3 is 2.52 bits per heavy atom. The summed E-state index contributed by atoms with van der Waals surface area (Å²) in [5.74, 6) is 3.00. The molecule has 8 heteroatoms. The zero-order chi connectivity index (χ0) is 20.1. The van der Waals surface area contributed by atoms with Crippen LogP contribution in [0.25, 0.3) is 10.8 Å². The standard InChI is InChI=1S/C21H26N4O3S/c1-16(20-22-23-21(28-20)19-4-3-15-29-19)25-11-9-24(10-12-25)13-14-27-18-7-5-17(26-2)6-8-18/h3-8,15-16H,9-14H2,1-2H3/t16-/m1/s1. The van der Waals surface area contributed by atoms with Gasteiger partial charge in [0.1, 0.15) is 18.1 Å². The van der Waals surface area contributed by atoms with Crippen molar-refractivity contribution in [2.24, 2.45) is 0 Å². The lowest BCUT2D eigenvalue weighted by atomic mass is 10.2. The van der Waals surface area contributed by atoms with E-state index in [1.54, 1.807) is 18.4 Å². The molecule has 0 unspecified atom stereocenters. The third-order valence-electron chi connectivity index (χ3n) is 5.22. The van der Waals surface area contributed by atoms with Gasteiger partial charge < -0.3 is 13.9 Å². The highest BCUT2D eigenvalue weighted by atomic mass is 32.1. The molecule has 1 fully saturated rings. The van der Waals surface area contributed by atoms with Crippen LogP contribution in [0.15, 0.2) is 46.2 Å². The van der Waals surface area contributed by atoms with E-state index in [1.807, 2.05) is 41.8 Å². The van der Waals surface area contributed by atoms with E-state index in [2.05, 4.69) is 26.9 Å². The number of methoxy groups -OCH3 is 1. The Bertz CT molecular complexity index is 874. The van der Waals surface area contributed by atoms with E-state index < -0.39 is 0 Å². The van der Waals surface area contributed by atoms with Gasteiger partial charge in [0.15, 0.2) is 0 Å². The molecular formula is C21H26N4O3S. The molecule has 0 saturated carbocycles. The second kappa shape index (κ2) is 9.39. The summed E-state index contributed by atoms with van der Waals surface area (Å²) in [6, 6.07) is 11.8. The normalized spacial score (nSPS) is 16.6. The van der Waals surface area contributed by atoms with Gasteiger partial charge in [-0.3, -0.25) is 9.80 Å². The predicted octanol–water partition coefficient (Wildman–Crippen LogP) is 3.56. The second-order valence-corrected chi connectivity index (χ2v) is 7.95. The number of aromatic nitrogens is 2. The lowest BCUT2D eigenvalue weighted by molar-refractivity contribution is 0.0827. The fourth-order valence-corrected chi connectivity index (χ4v) is 4.04. The van der Waals surface area contributed by atoms with Gasteiger partial charge in [-0.1, -0.05) is 6.07 Å². The molecule has 0 radical (unpaired) electrons. The number of rotatable bonds is 8. The SMILES string of the molecule is COc1ccc(OCCN2CCN([C@H](C)c3nnc(-c4cccs4)o3)CC2)cc1. The Balaban J connectivity index is 1.21. The van der Waals surface area contributed by atoms with Crippen molar-refractivity contribution in [2.45, 2.75) is 13.0 Å². The zero-order valence-corrected chi connectivity index (χ0v) is 17.6. The molecule has 29 heavy (non-hydrogen) atoms. The molecule has 0 amide bonds. The van der Waals surface area contributed by atoms with Crippen LogP contribution in [0.2, 0.25) is 0 Å². The van der Waals surface area contributed by atoms with Gasteiger partial charge in [-0.15, -0.1) is 21.5 Å². The molecule has 0 bridgehead atoms. The summed E-state index contributed by atoms with van der Waals surface area (Å²) < 4.78 is 16.9. The number of thiophene rings is 1. The molecule has 4 rings (SSSR count). The van der Waals surface area contributed by atoms with Crippen molar-refractivity contribution in [3.63, 3.8) is 0 Å². The predicted molar refractivity (Wildman–Crippen MR) is 113 cm³/mol. The van der Waals surface area contributed by atoms with Gasteiger partial charge in [0.25, 0.3) is 5.89 Å². The average molecular weight is 415 g/mol. The summed E-state index contributed by atoms with van der Waals surface area (Å²) >= 11 is 1.61. The van der Waals surface area contributed by atoms with Crippen LogP contribution in [0, 0.1) is 0 Å². The average Bonchev–Trinajstić information content (AvgIpc) is 3.46. The maximum atomic E-state index is 5.90. The van der Waals surface area contributed by atoms with E-state index in [9.17, 15) is 0 Å². The topological polar surface area (TPSA) is 63.9 Å². The van der Waals surface area contributed by atoms with E-state index in [-0.39, 0.29) is 6.04 Å². The van der Waals surface area contributed by atoms with Crippen molar-refractivity contribution in [1.29, 1.82) is 0 Å². The molecule has 0 spiro atoms. The lowest BCUT2D eigenvalue weighted by Gasteiger charge is -2.36. The van der Waals surface area contributed by atoms with Crippen molar-refractivity contribution in [2.75, 3.05) is 46.4 Å². The third-order valence-corrected chi connectivity index (χ3v) is 6.08. The molecule has 1 saturated heterocycles. The van der Waals surface area contributed by atoms with E-state index in [0.29, 0.717) is 18.4 Å². The summed E-state index contributed by atoms with van der Waals surface area (Å²) in [5.41, 5.74) is 0. The summed E-state index contributed by atoms with van der Waals surface area (Å²) in [5, 5.41) is 10.5. The van der Waals surface area contributed by atoms with E-state index >= 15 is 0 Å². The van der Waals surface area contributed by atoms with Crippen molar-refractivity contribution >= 4 is 11.3 Å². The van der Waals surface area contributed by atoms with E-state index in [1.165, 1.54) is 0 Å². The molecule has 0 N–H and O–H groups in total. The largest absolute Gasteiger partial charge is 0.497 e. The number of hydrogen-bond donors (Lipinski definition) is 0. The number of nitrogens with zero attached hydrogens (tertiary/aromatic N) is 4. The Labute approximate surface area is 174 Å². The molecule has 0 aliphatic carbocycles. The Kier molecular flexibility index (Phi) is 6.43. The maximum absolute atomic E-state index is 5.90. The van der Waals surface area contributed by atoms with Gasteiger partial charge in [0.2, 0.25) is 5.89 Å². The molecular weight excluding hydrogens is 388 g/mol. The van der Waals surface area contributed by atoms with Crippen LogP contribution in [0.3, 0.4) is 0 Å². The van der Waals surface area contributed by atoms with Crippen LogP contribution in [-0.2, 0) is 0 Å². The fourth-order valence-electron chi connectivity index (χ4n) is 3.40. The van der Waals surface area contributed by atoms with Crippen molar-refractivity contribution in [3.8, 4) is 22.3 Å². The Morgan fingerprint density at radius 1 is 1.07 bits per heavy atom. The van der Waals surface area contributed by atoms with Gasteiger partial charge >= 0.3 is 0 Å². The summed E-state index contributed by atoms with van der Waals surface area (Å²) in [7, 11) is 1.66. The first kappa shape index (κ1) is 19.9. The highest BCUT2D eigenvalue weighted by Gasteiger charge is 2.25. The molecule has 1 aliphatic heterocycles. The quantitative estimate of drug-likeness (QED) is 0.558. The summed E-state index contributed by atoms with van der Waals surface area (Å²) in [6.45, 7) is 7.67. The Hall–Kier alpha value is -2.42. The molecule has 154 valence electrons. The molecule has 3 aromatic rings. The monoisotopic (exact) mass is 414 g/mol. The van der Waals surface area contributed by atoms with Crippen LogP contribution in [0.5, 0.6) is 11.5 Å². The number of hydrogen-bond acceptors (Lipinski definition) is 8. The fraction of sp³-hybridized carbons (Fsp3) is 0.429. The smallest absolute Gasteiger partial charge is 0.257 e. The van der Waals surface area contributed by atoms with Crippen LogP contribution in [-0.4, -0.2) is 66.4 Å². The molecule has 1 aliphatic rings. The number of benzene rings is 1.